The van der Waals surface area contributed by atoms with Crippen LogP contribution in [0.1, 0.15) is 18.9 Å². The maximum absolute atomic E-state index is 12.0. The molecule has 3 heterocycles. The van der Waals surface area contributed by atoms with Gasteiger partial charge in [-0.25, -0.2) is 0 Å². The zero-order chi connectivity index (χ0) is 16.6. The minimum atomic E-state index is -0.456. The molecule has 0 radical (unpaired) electrons. The second kappa shape index (κ2) is 6.37. The summed E-state index contributed by atoms with van der Waals surface area (Å²) in [4.78, 5) is 40.9. The summed E-state index contributed by atoms with van der Waals surface area (Å²) in [5.74, 6) is -0.270. The smallest absolute Gasteiger partial charge is 0.232 e. The van der Waals surface area contributed by atoms with Crippen LogP contribution in [-0.4, -0.2) is 37.6 Å². The maximum atomic E-state index is 12.0. The molecule has 0 aromatic carbocycles. The maximum Gasteiger partial charge on any atom is 0.232 e. The molecule has 120 valence electrons. The highest BCUT2D eigenvalue weighted by molar-refractivity contribution is 8.01. The highest BCUT2D eigenvalue weighted by Crippen LogP contribution is 2.44. The van der Waals surface area contributed by atoms with Crippen molar-refractivity contribution in [2.24, 2.45) is 0 Å². The van der Waals surface area contributed by atoms with Crippen LogP contribution in [0.15, 0.2) is 35.8 Å². The second-order valence-corrected chi connectivity index (χ2v) is 7.04. The second-order valence-electron chi connectivity index (χ2n) is 5.35. The Kier molecular flexibility index (Phi) is 4.45. The monoisotopic (exact) mass is 349 g/mol. The third kappa shape index (κ3) is 3.13. The number of amides is 2. The molecule has 1 aromatic rings. The van der Waals surface area contributed by atoms with E-state index in [9.17, 15) is 14.4 Å². The molecule has 0 saturated carbocycles. The number of β-lactam (4-membered cyclic amide) rings is 1. The van der Waals surface area contributed by atoms with E-state index in [0.29, 0.717) is 24.1 Å². The molecular formula is C15H15N3O3S2. The van der Waals surface area contributed by atoms with Crippen LogP contribution in [0.3, 0.4) is 0 Å². The molecule has 1 saturated heterocycles. The fourth-order valence-corrected chi connectivity index (χ4v) is 4.47. The summed E-state index contributed by atoms with van der Waals surface area (Å²) >= 11 is 5.42. The minimum absolute atomic E-state index is 0.0894. The van der Waals surface area contributed by atoms with E-state index >= 15 is 0 Å². The largest absolute Gasteiger partial charge is 0.341 e. The molecule has 3 rings (SSSR count). The summed E-state index contributed by atoms with van der Waals surface area (Å²) in [5, 5.41) is 1.94. The highest BCUT2D eigenvalue weighted by atomic mass is 32.2. The first-order valence-corrected chi connectivity index (χ1v) is 8.46. The van der Waals surface area contributed by atoms with Gasteiger partial charge in [0.05, 0.1) is 11.8 Å². The lowest BCUT2D eigenvalue weighted by molar-refractivity contribution is -0.140. The Hall–Kier alpha value is -1.80. The molecule has 1 aromatic heterocycles. The Balaban J connectivity index is 2.03. The third-order valence-corrected chi connectivity index (χ3v) is 5.32. The zero-order valence-corrected chi connectivity index (χ0v) is 14.1. The Morgan fingerprint density at radius 1 is 1.43 bits per heavy atom. The minimum Gasteiger partial charge on any atom is -0.341 e. The Labute approximate surface area is 143 Å². The molecule has 2 amide bonds. The number of hydrogen-bond donors (Lipinski definition) is 2. The summed E-state index contributed by atoms with van der Waals surface area (Å²) in [7, 11) is 0. The highest BCUT2D eigenvalue weighted by Gasteiger charge is 2.47. The molecule has 6 nitrogen and oxygen atoms in total. The van der Waals surface area contributed by atoms with Gasteiger partial charge >= 0.3 is 0 Å². The average molecular weight is 349 g/mol. The van der Waals surface area contributed by atoms with Crippen molar-refractivity contribution in [1.29, 1.82) is 0 Å². The van der Waals surface area contributed by atoms with Gasteiger partial charge in [0.25, 0.3) is 0 Å². The number of pyridine rings is 1. The summed E-state index contributed by atoms with van der Waals surface area (Å²) in [6.45, 7) is 1.44. The fraction of sp³-hybridized carbons (Fsp3) is 0.333. The number of thioether (sulfide) groups is 1. The number of thiol groups is 1. The first-order valence-electron chi connectivity index (χ1n) is 7.07. The molecule has 8 heteroatoms. The van der Waals surface area contributed by atoms with Crippen molar-refractivity contribution in [3.63, 3.8) is 0 Å². The molecule has 0 aliphatic carbocycles. The van der Waals surface area contributed by atoms with E-state index in [4.69, 9.17) is 0 Å². The van der Waals surface area contributed by atoms with Crippen LogP contribution in [0.25, 0.3) is 0 Å². The number of rotatable bonds is 4. The Morgan fingerprint density at radius 3 is 2.70 bits per heavy atom. The van der Waals surface area contributed by atoms with Gasteiger partial charge in [-0.2, -0.15) is 0 Å². The lowest BCUT2D eigenvalue weighted by Crippen LogP contribution is -2.57. The van der Waals surface area contributed by atoms with Crippen molar-refractivity contribution < 1.29 is 14.4 Å². The lowest BCUT2D eigenvalue weighted by atomic mass is 10.0. The molecule has 23 heavy (non-hydrogen) atoms. The van der Waals surface area contributed by atoms with Gasteiger partial charge in [0.15, 0.2) is 0 Å². The SMILES string of the molecule is CC(=O)NC1S[C@@H]2CC(=O)N2C(C(=O)S)=C1Cc1ccncc1. The predicted molar refractivity (Wildman–Crippen MR) is 89.4 cm³/mol. The molecule has 0 spiro atoms. The van der Waals surface area contributed by atoms with E-state index in [2.05, 4.69) is 22.9 Å². The van der Waals surface area contributed by atoms with Gasteiger partial charge in [-0.05, 0) is 29.7 Å². The van der Waals surface area contributed by atoms with E-state index in [1.54, 1.807) is 12.4 Å². The standard InChI is InChI=1S/C15H15N3O3S2/c1-8(19)17-14-10(6-9-2-4-16-5-3-9)13(15(21)22)18-11(20)7-12(18)23-14/h2-5,12,14H,6-7H2,1H3,(H,17,19)(H,21,22)/t12-,14?/m1/s1. The number of nitrogens with one attached hydrogen (secondary N) is 1. The molecular weight excluding hydrogens is 334 g/mol. The Morgan fingerprint density at radius 2 is 2.13 bits per heavy atom. The number of fused-ring (bicyclic) bond motifs is 1. The fourth-order valence-electron chi connectivity index (χ4n) is 2.73. The third-order valence-electron chi connectivity index (χ3n) is 3.74. The van der Waals surface area contributed by atoms with Gasteiger partial charge in [-0.3, -0.25) is 24.3 Å². The van der Waals surface area contributed by atoms with Crippen molar-refractivity contribution in [1.82, 2.24) is 15.2 Å². The Bertz CT molecular complexity index is 705. The van der Waals surface area contributed by atoms with Gasteiger partial charge < -0.3 is 5.32 Å². The first-order chi connectivity index (χ1) is 11.0. The van der Waals surface area contributed by atoms with Crippen LogP contribution in [0.2, 0.25) is 0 Å². The zero-order valence-electron chi connectivity index (χ0n) is 12.4. The molecule has 1 fully saturated rings. The lowest BCUT2D eigenvalue weighted by Gasteiger charge is -2.47. The molecule has 0 bridgehead atoms. The number of carbonyl (C=O) groups is 3. The van der Waals surface area contributed by atoms with E-state index in [1.165, 1.54) is 23.6 Å². The van der Waals surface area contributed by atoms with Crippen LogP contribution in [0, 0.1) is 0 Å². The summed E-state index contributed by atoms with van der Waals surface area (Å²) in [6, 6.07) is 3.68. The van der Waals surface area contributed by atoms with Crippen molar-refractivity contribution in [3.05, 3.63) is 41.4 Å². The summed E-state index contributed by atoms with van der Waals surface area (Å²) in [5.41, 5.74) is 1.94. The van der Waals surface area contributed by atoms with Crippen LogP contribution in [0.4, 0.5) is 0 Å². The van der Waals surface area contributed by atoms with E-state index in [0.717, 1.165) is 5.56 Å². The summed E-state index contributed by atoms with van der Waals surface area (Å²) in [6.07, 6.45) is 4.14. The number of aromatic nitrogens is 1. The van der Waals surface area contributed by atoms with Crippen LogP contribution < -0.4 is 5.32 Å². The molecule has 1 N–H and O–H groups in total. The van der Waals surface area contributed by atoms with Gasteiger partial charge in [-0.1, -0.05) is 12.6 Å². The summed E-state index contributed by atoms with van der Waals surface area (Å²) < 4.78 is 0. The normalized spacial score (nSPS) is 23.2. The van der Waals surface area contributed by atoms with E-state index < -0.39 is 5.12 Å². The molecule has 1 unspecified atom stereocenters. The van der Waals surface area contributed by atoms with E-state index in [1.807, 2.05) is 12.1 Å². The first kappa shape index (κ1) is 16.1. The van der Waals surface area contributed by atoms with Gasteiger partial charge in [0.2, 0.25) is 16.9 Å². The van der Waals surface area contributed by atoms with Crippen molar-refractivity contribution in [2.75, 3.05) is 0 Å². The van der Waals surface area contributed by atoms with Gasteiger partial charge in [-0.15, -0.1) is 11.8 Å². The van der Waals surface area contributed by atoms with Gasteiger partial charge in [0.1, 0.15) is 11.1 Å². The van der Waals surface area contributed by atoms with Crippen molar-refractivity contribution in [2.45, 2.75) is 30.5 Å². The average Bonchev–Trinajstić information content (AvgIpc) is 2.49. The predicted octanol–water partition coefficient (Wildman–Crippen LogP) is 1.10. The van der Waals surface area contributed by atoms with Crippen LogP contribution in [-0.2, 0) is 20.8 Å². The van der Waals surface area contributed by atoms with Crippen LogP contribution >= 0.6 is 24.4 Å². The topological polar surface area (TPSA) is 79.4 Å². The molecule has 2 aliphatic rings. The number of carbonyl (C=O) groups excluding carboxylic acids is 3. The van der Waals surface area contributed by atoms with Crippen LogP contribution in [0.5, 0.6) is 0 Å². The van der Waals surface area contributed by atoms with Crippen molar-refractivity contribution >= 4 is 41.3 Å². The number of nitrogens with zero attached hydrogens (tertiary/aromatic N) is 2. The molecule has 2 atom stereocenters. The number of hydrogen-bond acceptors (Lipinski definition) is 5. The van der Waals surface area contributed by atoms with E-state index in [-0.39, 0.29) is 22.6 Å². The quantitative estimate of drug-likeness (QED) is 0.629. The molecule has 2 aliphatic heterocycles. The van der Waals surface area contributed by atoms with Crippen molar-refractivity contribution in [3.8, 4) is 0 Å². The van der Waals surface area contributed by atoms with Gasteiger partial charge in [0, 0.05) is 19.3 Å².